The monoisotopic (exact) mass is 410 g/mol. The first-order chi connectivity index (χ1) is 11.8. The summed E-state index contributed by atoms with van der Waals surface area (Å²) in [5, 5.41) is 8.22. The summed E-state index contributed by atoms with van der Waals surface area (Å²) in [5.74, 6) is 0.806. The summed E-state index contributed by atoms with van der Waals surface area (Å²) < 4.78 is 14.3. The van der Waals surface area contributed by atoms with Crippen molar-refractivity contribution in [2.24, 2.45) is 17.4 Å². The van der Waals surface area contributed by atoms with Gasteiger partial charge in [-0.3, -0.25) is 5.41 Å². The van der Waals surface area contributed by atoms with Crippen molar-refractivity contribution in [3.63, 3.8) is 0 Å². The van der Waals surface area contributed by atoms with Crippen LogP contribution in [-0.4, -0.2) is 34.9 Å². The Morgan fingerprint density at radius 1 is 1.32 bits per heavy atom. The van der Waals surface area contributed by atoms with Crippen molar-refractivity contribution >= 4 is 38.5 Å². The van der Waals surface area contributed by atoms with Gasteiger partial charge >= 0.3 is 0 Å². The molecule has 0 saturated carbocycles. The van der Waals surface area contributed by atoms with Crippen molar-refractivity contribution in [1.82, 2.24) is 9.97 Å². The van der Waals surface area contributed by atoms with E-state index in [9.17, 15) is 4.39 Å². The first-order valence-corrected chi connectivity index (χ1v) is 9.03. The van der Waals surface area contributed by atoms with Crippen LogP contribution in [0.2, 0.25) is 0 Å². The third kappa shape index (κ3) is 5.09. The molecular weight excluding hydrogens is 387 g/mol. The van der Waals surface area contributed by atoms with Crippen molar-refractivity contribution in [2.45, 2.75) is 32.7 Å². The van der Waals surface area contributed by atoms with Crippen LogP contribution in [0.25, 0.3) is 10.9 Å². The van der Waals surface area contributed by atoms with E-state index in [1.165, 1.54) is 18.5 Å². The van der Waals surface area contributed by atoms with Gasteiger partial charge in [-0.25, -0.2) is 14.4 Å². The van der Waals surface area contributed by atoms with Crippen molar-refractivity contribution in [1.29, 1.82) is 5.41 Å². The first kappa shape index (κ1) is 19.5. The number of nitrogens with zero attached hydrogens (tertiary/aromatic N) is 3. The Morgan fingerprint density at radius 3 is 2.48 bits per heavy atom. The van der Waals surface area contributed by atoms with E-state index in [-0.39, 0.29) is 17.6 Å². The molecule has 25 heavy (non-hydrogen) atoms. The molecule has 0 radical (unpaired) electrons. The summed E-state index contributed by atoms with van der Waals surface area (Å²) in [6.07, 6.45) is 3.13. The second kappa shape index (κ2) is 8.53. The topological polar surface area (TPSA) is 105 Å². The van der Waals surface area contributed by atoms with E-state index in [4.69, 9.17) is 16.9 Å². The number of anilines is 1. The molecule has 6 nitrogen and oxygen atoms in total. The third-order valence-electron chi connectivity index (χ3n) is 3.87. The number of rotatable bonds is 2. The maximum absolute atomic E-state index is 13.7. The highest BCUT2D eigenvalue weighted by atomic mass is 79.9. The Bertz CT molecular complexity index is 740. The van der Waals surface area contributed by atoms with E-state index in [0.717, 1.165) is 31.7 Å². The Hall–Kier alpha value is -1.80. The van der Waals surface area contributed by atoms with Crippen molar-refractivity contribution < 1.29 is 4.39 Å². The lowest BCUT2D eigenvalue weighted by atomic mass is 9.96. The molecule has 2 aromatic rings. The van der Waals surface area contributed by atoms with Crippen molar-refractivity contribution in [3.05, 3.63) is 28.7 Å². The number of hydrogen-bond donors (Lipinski definition) is 3. The molecule has 0 atom stereocenters. The van der Waals surface area contributed by atoms with Crippen LogP contribution in [0, 0.1) is 17.1 Å². The van der Waals surface area contributed by atoms with Gasteiger partial charge in [0.2, 0.25) is 0 Å². The molecule has 0 amide bonds. The van der Waals surface area contributed by atoms with Crippen LogP contribution in [0.5, 0.6) is 0 Å². The van der Waals surface area contributed by atoms with Crippen molar-refractivity contribution in [3.8, 4) is 0 Å². The lowest BCUT2D eigenvalue weighted by molar-refractivity contribution is 0.496. The molecule has 2 heterocycles. The quantitative estimate of drug-likeness (QED) is 0.521. The summed E-state index contributed by atoms with van der Waals surface area (Å²) in [5.41, 5.74) is 11.4. The van der Waals surface area contributed by atoms with Crippen LogP contribution in [0.4, 0.5) is 10.2 Å². The Morgan fingerprint density at radius 2 is 1.92 bits per heavy atom. The molecule has 0 aliphatic carbocycles. The maximum Gasteiger partial charge on any atom is 0.140 e. The first-order valence-electron chi connectivity index (χ1n) is 8.23. The van der Waals surface area contributed by atoms with Gasteiger partial charge in [-0.2, -0.15) is 0 Å². The number of halogens is 2. The molecule has 0 unspecified atom stereocenters. The summed E-state index contributed by atoms with van der Waals surface area (Å²) in [7, 11) is 0. The smallest absolute Gasteiger partial charge is 0.140 e. The van der Waals surface area contributed by atoms with Gasteiger partial charge in [-0.15, -0.1) is 0 Å². The predicted octanol–water partition coefficient (Wildman–Crippen LogP) is 3.04. The van der Waals surface area contributed by atoms with E-state index < -0.39 is 0 Å². The lowest BCUT2D eigenvalue weighted by Crippen LogP contribution is -2.38. The van der Waals surface area contributed by atoms with Gasteiger partial charge in [0.05, 0.1) is 11.4 Å². The predicted molar refractivity (Wildman–Crippen MR) is 103 cm³/mol. The summed E-state index contributed by atoms with van der Waals surface area (Å²) in [4.78, 5) is 10.6. The van der Waals surface area contributed by atoms with Crippen molar-refractivity contribution in [2.75, 3.05) is 18.0 Å². The number of aromatic nitrogens is 2. The zero-order valence-corrected chi connectivity index (χ0v) is 16.1. The molecule has 0 bridgehead atoms. The van der Waals surface area contributed by atoms with Gasteiger partial charge in [0.25, 0.3) is 0 Å². The molecular formula is C17H24BrFN6. The number of fused-ring (bicyclic) bond motifs is 1. The number of benzene rings is 1. The van der Waals surface area contributed by atoms with E-state index in [2.05, 4.69) is 30.8 Å². The van der Waals surface area contributed by atoms with Gasteiger partial charge in [-0.05, 0) is 46.9 Å². The number of piperidine rings is 1. The van der Waals surface area contributed by atoms with Crippen LogP contribution < -0.4 is 16.4 Å². The number of nitrogens with one attached hydrogen (secondary N) is 1. The molecule has 5 N–H and O–H groups in total. The van der Waals surface area contributed by atoms with Crippen LogP contribution in [0.1, 0.15) is 26.7 Å². The summed E-state index contributed by atoms with van der Waals surface area (Å²) in [6.45, 7) is 5.40. The number of nitrogens with two attached hydrogens (primary N) is 2. The van der Waals surface area contributed by atoms with E-state index in [1.807, 2.05) is 13.8 Å². The normalized spacial score (nSPS) is 15.2. The minimum Gasteiger partial charge on any atom is -0.387 e. The molecule has 0 spiro atoms. The fourth-order valence-electron chi connectivity index (χ4n) is 2.73. The van der Waals surface area contributed by atoms with Crippen LogP contribution in [0.15, 0.2) is 22.9 Å². The van der Waals surface area contributed by atoms with Gasteiger partial charge in [0.15, 0.2) is 0 Å². The summed E-state index contributed by atoms with van der Waals surface area (Å²) >= 11 is 3.34. The second-order valence-electron chi connectivity index (χ2n) is 6.44. The molecule has 1 aromatic carbocycles. The Labute approximate surface area is 155 Å². The fraction of sp³-hybridized carbons (Fsp3) is 0.471. The molecule has 3 rings (SSSR count). The average Bonchev–Trinajstić information content (AvgIpc) is 2.54. The highest BCUT2D eigenvalue weighted by Gasteiger charge is 2.23. The standard InChI is InChI=1S/C14H15BrFN5.C3H9N/c15-11-6-9(16)5-10-12(11)19-7-20-14(10)21-3-1-8(2-4-21)13(17)18;1-3(2)4/h5-8H,1-4H2,(H3,17,18);3H,4H2,1-2H3. The molecule has 8 heteroatoms. The van der Waals surface area contributed by atoms with E-state index in [0.29, 0.717) is 21.4 Å². The minimum atomic E-state index is -0.316. The summed E-state index contributed by atoms with van der Waals surface area (Å²) in [6, 6.07) is 3.20. The lowest BCUT2D eigenvalue weighted by Gasteiger charge is -2.32. The second-order valence-corrected chi connectivity index (χ2v) is 7.30. The van der Waals surface area contributed by atoms with Gasteiger partial charge < -0.3 is 16.4 Å². The molecule has 1 saturated heterocycles. The minimum absolute atomic E-state index is 0.137. The van der Waals surface area contributed by atoms with E-state index >= 15 is 0 Å². The Kier molecular flexibility index (Phi) is 6.66. The van der Waals surface area contributed by atoms with Crippen LogP contribution >= 0.6 is 15.9 Å². The zero-order chi connectivity index (χ0) is 18.6. The molecule has 136 valence electrons. The fourth-order valence-corrected chi connectivity index (χ4v) is 3.27. The molecule has 1 aromatic heterocycles. The van der Waals surface area contributed by atoms with Crippen LogP contribution in [0.3, 0.4) is 0 Å². The van der Waals surface area contributed by atoms with Gasteiger partial charge in [0, 0.05) is 28.9 Å². The van der Waals surface area contributed by atoms with Crippen LogP contribution in [-0.2, 0) is 0 Å². The Balaban J connectivity index is 0.000000511. The zero-order valence-electron chi connectivity index (χ0n) is 14.5. The average molecular weight is 411 g/mol. The number of hydrogen-bond acceptors (Lipinski definition) is 5. The maximum atomic E-state index is 13.7. The van der Waals surface area contributed by atoms with E-state index in [1.54, 1.807) is 0 Å². The molecule has 1 aliphatic rings. The third-order valence-corrected chi connectivity index (χ3v) is 4.47. The SMILES string of the molecule is CC(C)N.N=C(N)C1CCN(c2ncnc3c(Br)cc(F)cc23)CC1. The highest BCUT2D eigenvalue weighted by molar-refractivity contribution is 9.10. The number of amidine groups is 1. The molecule has 1 fully saturated rings. The van der Waals surface area contributed by atoms with Gasteiger partial charge in [0.1, 0.15) is 18.0 Å². The van der Waals surface area contributed by atoms with Gasteiger partial charge in [-0.1, -0.05) is 13.8 Å². The largest absolute Gasteiger partial charge is 0.387 e. The molecule has 1 aliphatic heterocycles. The highest BCUT2D eigenvalue weighted by Crippen LogP contribution is 2.31.